The van der Waals surface area contributed by atoms with E-state index in [9.17, 15) is 0 Å². The van der Waals surface area contributed by atoms with Gasteiger partial charge in [0.1, 0.15) is 0 Å². The molecule has 1 aromatic carbocycles. The summed E-state index contributed by atoms with van der Waals surface area (Å²) in [5, 5.41) is 1.24. The molecular formula is C10H11BrN2. The molecule has 0 amide bonds. The Morgan fingerprint density at radius 3 is 2.77 bits per heavy atom. The molecule has 68 valence electrons. The Labute approximate surface area is 85.5 Å². The van der Waals surface area contributed by atoms with Crippen LogP contribution in [0.2, 0.25) is 0 Å². The first-order chi connectivity index (χ1) is 6.25. The van der Waals surface area contributed by atoms with Gasteiger partial charge in [-0.1, -0.05) is 18.2 Å². The maximum absolute atomic E-state index is 5.69. The number of fused-ring (bicyclic) bond motifs is 1. The van der Waals surface area contributed by atoms with E-state index in [1.54, 1.807) is 0 Å². The summed E-state index contributed by atoms with van der Waals surface area (Å²) < 4.78 is 3.19. The van der Waals surface area contributed by atoms with Crippen molar-refractivity contribution in [3.8, 4) is 0 Å². The summed E-state index contributed by atoms with van der Waals surface area (Å²) in [6, 6.07) is 8.27. The number of halogens is 1. The maximum Gasteiger partial charge on any atom is 0.0900 e. The first kappa shape index (κ1) is 8.78. The van der Waals surface area contributed by atoms with E-state index < -0.39 is 0 Å². The lowest BCUT2D eigenvalue weighted by molar-refractivity contribution is 0.917. The monoisotopic (exact) mass is 238 g/mol. The summed E-state index contributed by atoms with van der Waals surface area (Å²) in [7, 11) is 2.03. The van der Waals surface area contributed by atoms with Gasteiger partial charge in [0.25, 0.3) is 0 Å². The lowest BCUT2D eigenvalue weighted by atomic mass is 10.2. The van der Waals surface area contributed by atoms with Crippen molar-refractivity contribution in [2.45, 2.75) is 6.54 Å². The van der Waals surface area contributed by atoms with Gasteiger partial charge < -0.3 is 10.3 Å². The van der Waals surface area contributed by atoms with Crippen LogP contribution in [0, 0.1) is 0 Å². The maximum atomic E-state index is 5.69. The molecule has 0 atom stereocenters. The fourth-order valence-corrected chi connectivity index (χ4v) is 2.20. The summed E-state index contributed by atoms with van der Waals surface area (Å²) in [6.45, 7) is 0.571. The van der Waals surface area contributed by atoms with Crippen molar-refractivity contribution in [3.63, 3.8) is 0 Å². The molecular weight excluding hydrogens is 228 g/mol. The van der Waals surface area contributed by atoms with Gasteiger partial charge in [-0.25, -0.2) is 0 Å². The number of rotatable bonds is 1. The Hall–Kier alpha value is -0.800. The first-order valence-electron chi connectivity index (χ1n) is 4.17. The molecule has 3 heteroatoms. The van der Waals surface area contributed by atoms with Crippen LogP contribution in [-0.4, -0.2) is 4.57 Å². The molecule has 0 fully saturated rings. The largest absolute Gasteiger partial charge is 0.338 e. The molecule has 2 rings (SSSR count). The average molecular weight is 239 g/mol. The lowest BCUT2D eigenvalue weighted by Gasteiger charge is -1.95. The van der Waals surface area contributed by atoms with Crippen LogP contribution in [0.4, 0.5) is 0 Å². The highest BCUT2D eigenvalue weighted by molar-refractivity contribution is 9.10. The van der Waals surface area contributed by atoms with Crippen molar-refractivity contribution in [1.82, 2.24) is 4.57 Å². The smallest absolute Gasteiger partial charge is 0.0900 e. The Bertz CT molecular complexity index is 445. The van der Waals surface area contributed by atoms with Crippen molar-refractivity contribution < 1.29 is 0 Å². The Morgan fingerprint density at radius 1 is 1.38 bits per heavy atom. The van der Waals surface area contributed by atoms with E-state index in [-0.39, 0.29) is 0 Å². The molecule has 0 unspecified atom stereocenters. The van der Waals surface area contributed by atoms with Gasteiger partial charge >= 0.3 is 0 Å². The van der Waals surface area contributed by atoms with Gasteiger partial charge in [0, 0.05) is 30.1 Å². The van der Waals surface area contributed by atoms with Crippen molar-refractivity contribution in [2.75, 3.05) is 0 Å². The van der Waals surface area contributed by atoms with Gasteiger partial charge in [-0.05, 0) is 22.0 Å². The van der Waals surface area contributed by atoms with Gasteiger partial charge in [-0.15, -0.1) is 0 Å². The summed E-state index contributed by atoms with van der Waals surface area (Å²) in [6.07, 6.45) is 0. The number of benzene rings is 1. The molecule has 0 aliphatic rings. The molecule has 0 saturated carbocycles. The van der Waals surface area contributed by atoms with Crippen LogP contribution < -0.4 is 5.73 Å². The first-order valence-corrected chi connectivity index (χ1v) is 4.97. The van der Waals surface area contributed by atoms with Gasteiger partial charge in [0.05, 0.1) is 4.60 Å². The van der Waals surface area contributed by atoms with Crippen LogP contribution in [-0.2, 0) is 13.6 Å². The van der Waals surface area contributed by atoms with E-state index >= 15 is 0 Å². The van der Waals surface area contributed by atoms with Gasteiger partial charge in [0.2, 0.25) is 0 Å². The summed E-state index contributed by atoms with van der Waals surface area (Å²) >= 11 is 3.54. The summed E-state index contributed by atoms with van der Waals surface area (Å²) in [4.78, 5) is 0. The topological polar surface area (TPSA) is 30.9 Å². The number of nitrogens with zero attached hydrogens (tertiary/aromatic N) is 1. The number of hydrogen-bond donors (Lipinski definition) is 1. The zero-order valence-corrected chi connectivity index (χ0v) is 9.01. The summed E-state index contributed by atoms with van der Waals surface area (Å²) in [5.74, 6) is 0. The highest BCUT2D eigenvalue weighted by atomic mass is 79.9. The van der Waals surface area contributed by atoms with Crippen molar-refractivity contribution >= 4 is 26.8 Å². The second-order valence-electron chi connectivity index (χ2n) is 3.05. The third kappa shape index (κ3) is 1.19. The molecule has 0 saturated heterocycles. The van der Waals surface area contributed by atoms with E-state index in [0.717, 1.165) is 4.60 Å². The predicted octanol–water partition coefficient (Wildman–Crippen LogP) is 2.40. The SMILES string of the molecule is Cn1c(Br)c(CN)c2ccccc21. The van der Waals surface area contributed by atoms with Crippen molar-refractivity contribution in [2.24, 2.45) is 12.8 Å². The molecule has 13 heavy (non-hydrogen) atoms. The highest BCUT2D eigenvalue weighted by Gasteiger charge is 2.09. The minimum Gasteiger partial charge on any atom is -0.338 e. The zero-order chi connectivity index (χ0) is 9.42. The predicted molar refractivity (Wildman–Crippen MR) is 58.5 cm³/mol. The molecule has 0 aliphatic heterocycles. The normalized spacial score (nSPS) is 11.0. The molecule has 1 aromatic heterocycles. The zero-order valence-electron chi connectivity index (χ0n) is 7.42. The third-order valence-electron chi connectivity index (χ3n) is 2.34. The van der Waals surface area contributed by atoms with Crippen LogP contribution in [0.3, 0.4) is 0 Å². The third-order valence-corrected chi connectivity index (χ3v) is 3.35. The van der Waals surface area contributed by atoms with Crippen LogP contribution in [0.25, 0.3) is 10.9 Å². The second kappa shape index (κ2) is 3.16. The molecule has 0 aliphatic carbocycles. The fourth-order valence-electron chi connectivity index (χ4n) is 1.63. The number of aryl methyl sites for hydroxylation is 1. The van der Waals surface area contributed by atoms with Crippen molar-refractivity contribution in [3.05, 3.63) is 34.4 Å². The Kier molecular flexibility index (Phi) is 2.14. The number of nitrogens with two attached hydrogens (primary N) is 1. The minimum atomic E-state index is 0.571. The number of hydrogen-bond acceptors (Lipinski definition) is 1. The van der Waals surface area contributed by atoms with Crippen LogP contribution >= 0.6 is 15.9 Å². The van der Waals surface area contributed by atoms with E-state index in [0.29, 0.717) is 6.54 Å². The summed E-state index contributed by atoms with van der Waals surface area (Å²) in [5.41, 5.74) is 8.08. The van der Waals surface area contributed by atoms with E-state index in [4.69, 9.17) is 5.73 Å². The lowest BCUT2D eigenvalue weighted by Crippen LogP contribution is -1.96. The van der Waals surface area contributed by atoms with Gasteiger partial charge in [-0.3, -0.25) is 0 Å². The quantitative estimate of drug-likeness (QED) is 0.813. The second-order valence-corrected chi connectivity index (χ2v) is 3.80. The molecule has 0 bridgehead atoms. The van der Waals surface area contributed by atoms with Crippen molar-refractivity contribution in [1.29, 1.82) is 0 Å². The van der Waals surface area contributed by atoms with E-state index in [1.807, 2.05) is 19.2 Å². The van der Waals surface area contributed by atoms with Crippen LogP contribution in [0.15, 0.2) is 28.9 Å². The molecule has 2 N–H and O–H groups in total. The molecule has 1 heterocycles. The number of aromatic nitrogens is 1. The molecule has 0 spiro atoms. The van der Waals surface area contributed by atoms with Gasteiger partial charge in [0.15, 0.2) is 0 Å². The molecule has 0 radical (unpaired) electrons. The highest BCUT2D eigenvalue weighted by Crippen LogP contribution is 2.28. The number of para-hydroxylation sites is 1. The Balaban J connectivity index is 2.90. The van der Waals surface area contributed by atoms with Gasteiger partial charge in [-0.2, -0.15) is 0 Å². The van der Waals surface area contributed by atoms with Crippen LogP contribution in [0.1, 0.15) is 5.56 Å². The Morgan fingerprint density at radius 2 is 2.08 bits per heavy atom. The average Bonchev–Trinajstić information content (AvgIpc) is 2.41. The van der Waals surface area contributed by atoms with E-state index in [1.165, 1.54) is 16.5 Å². The van der Waals surface area contributed by atoms with E-state index in [2.05, 4.69) is 32.6 Å². The standard InChI is InChI=1S/C10H11BrN2/c1-13-9-5-3-2-4-7(9)8(6-12)10(13)11/h2-5H,6,12H2,1H3. The molecule has 2 nitrogen and oxygen atoms in total. The minimum absolute atomic E-state index is 0.571. The molecule has 2 aromatic rings. The van der Waals surface area contributed by atoms with Crippen LogP contribution in [0.5, 0.6) is 0 Å². The fraction of sp³-hybridized carbons (Fsp3) is 0.200.